The lowest BCUT2D eigenvalue weighted by molar-refractivity contribution is 0.306. The van der Waals surface area contributed by atoms with Gasteiger partial charge >= 0.3 is 0 Å². The maximum atomic E-state index is 6.06. The van der Waals surface area contributed by atoms with Gasteiger partial charge in [0.15, 0.2) is 5.82 Å². The van der Waals surface area contributed by atoms with E-state index < -0.39 is 0 Å². The Morgan fingerprint density at radius 3 is 2.89 bits per heavy atom. The van der Waals surface area contributed by atoms with Crippen molar-refractivity contribution in [2.45, 2.75) is 52.5 Å². The van der Waals surface area contributed by atoms with Gasteiger partial charge in [-0.15, -0.1) is 0 Å². The van der Waals surface area contributed by atoms with Crippen LogP contribution in [0, 0.1) is 5.41 Å². The second-order valence-corrected chi connectivity index (χ2v) is 6.04. The fraction of sp³-hybridized carbons (Fsp3) is 0.714. The van der Waals surface area contributed by atoms with E-state index >= 15 is 0 Å². The molecule has 1 heterocycles. The zero-order valence-corrected chi connectivity index (χ0v) is 12.1. The van der Waals surface area contributed by atoms with Crippen LogP contribution in [0.25, 0.3) is 0 Å². The highest BCUT2D eigenvalue weighted by molar-refractivity contribution is 5.66. The Morgan fingerprint density at radius 1 is 1.47 bits per heavy atom. The summed E-state index contributed by atoms with van der Waals surface area (Å²) in [5, 5.41) is 3.43. The molecule has 5 nitrogen and oxygen atoms in total. The van der Waals surface area contributed by atoms with E-state index in [0.29, 0.717) is 35.4 Å². The van der Waals surface area contributed by atoms with Gasteiger partial charge in [0.2, 0.25) is 5.88 Å². The summed E-state index contributed by atoms with van der Waals surface area (Å²) >= 11 is 0. The molecule has 0 aliphatic heterocycles. The molecule has 0 spiro atoms. The molecule has 1 aliphatic carbocycles. The Kier molecular flexibility index (Phi) is 4.12. The Morgan fingerprint density at radius 2 is 2.26 bits per heavy atom. The van der Waals surface area contributed by atoms with E-state index in [1.807, 2.05) is 0 Å². The lowest BCUT2D eigenvalue weighted by atomic mass is 9.92. The highest BCUT2D eigenvalue weighted by Crippen LogP contribution is 2.39. The van der Waals surface area contributed by atoms with E-state index in [2.05, 4.69) is 36.1 Å². The van der Waals surface area contributed by atoms with Gasteiger partial charge in [0.25, 0.3) is 0 Å². The molecule has 3 N–H and O–H groups in total. The molecule has 1 fully saturated rings. The van der Waals surface area contributed by atoms with Crippen LogP contribution in [0.4, 0.5) is 11.5 Å². The van der Waals surface area contributed by atoms with Crippen molar-refractivity contribution < 1.29 is 4.74 Å². The molecule has 0 amide bonds. The van der Waals surface area contributed by atoms with E-state index in [1.165, 1.54) is 12.7 Å². The van der Waals surface area contributed by atoms with Gasteiger partial charge < -0.3 is 15.8 Å². The van der Waals surface area contributed by atoms with Crippen LogP contribution in [0.15, 0.2) is 6.33 Å². The predicted molar refractivity (Wildman–Crippen MR) is 77.3 cm³/mol. The van der Waals surface area contributed by atoms with Gasteiger partial charge in [0.05, 0.1) is 6.61 Å². The first-order chi connectivity index (χ1) is 9.02. The number of aromatic nitrogens is 2. The van der Waals surface area contributed by atoms with Crippen LogP contribution < -0.4 is 15.8 Å². The molecule has 1 saturated carbocycles. The summed E-state index contributed by atoms with van der Waals surface area (Å²) in [6.07, 6.45) is 5.96. The van der Waals surface area contributed by atoms with Gasteiger partial charge in [-0.05, 0) is 31.1 Å². The largest absolute Gasteiger partial charge is 0.476 e. The van der Waals surface area contributed by atoms with Crippen molar-refractivity contribution >= 4 is 11.5 Å². The number of rotatable bonds is 5. The fourth-order valence-corrected chi connectivity index (χ4v) is 2.56. The lowest BCUT2D eigenvalue weighted by Gasteiger charge is -2.19. The molecule has 0 bridgehead atoms. The molecular formula is C14H24N4O. The van der Waals surface area contributed by atoms with Crippen molar-refractivity contribution in [3.63, 3.8) is 0 Å². The number of nitrogens with one attached hydrogen (secondary N) is 1. The number of nitrogen functional groups attached to an aromatic ring is 1. The van der Waals surface area contributed by atoms with E-state index in [9.17, 15) is 0 Å². The molecule has 1 aromatic rings. The first-order valence-electron chi connectivity index (χ1n) is 7.01. The van der Waals surface area contributed by atoms with Crippen molar-refractivity contribution in [3.05, 3.63) is 6.33 Å². The summed E-state index contributed by atoms with van der Waals surface area (Å²) in [4.78, 5) is 8.31. The second-order valence-electron chi connectivity index (χ2n) is 6.04. The number of nitrogens with two attached hydrogens (primary N) is 1. The van der Waals surface area contributed by atoms with Crippen LogP contribution >= 0.6 is 0 Å². The monoisotopic (exact) mass is 264 g/mol. The third kappa shape index (κ3) is 3.49. The summed E-state index contributed by atoms with van der Waals surface area (Å²) in [7, 11) is 0. The summed E-state index contributed by atoms with van der Waals surface area (Å²) < 4.78 is 5.52. The van der Waals surface area contributed by atoms with Gasteiger partial charge in [-0.3, -0.25) is 0 Å². The standard InChI is InChI=1S/C14H24N4O/c1-4-7-19-13-11(15)12(16-9-17-13)18-10-5-6-14(2,3)8-10/h9-10H,4-8,15H2,1-3H3,(H,16,17,18). The number of hydrogen-bond donors (Lipinski definition) is 2. The molecule has 0 saturated heterocycles. The normalized spacial score (nSPS) is 21.3. The van der Waals surface area contributed by atoms with Gasteiger partial charge in [0, 0.05) is 6.04 Å². The molecule has 1 atom stereocenters. The van der Waals surface area contributed by atoms with Crippen molar-refractivity contribution in [3.8, 4) is 5.88 Å². The Labute approximate surface area is 115 Å². The highest BCUT2D eigenvalue weighted by Gasteiger charge is 2.31. The third-order valence-corrected chi connectivity index (χ3v) is 3.60. The highest BCUT2D eigenvalue weighted by atomic mass is 16.5. The minimum atomic E-state index is 0.404. The van der Waals surface area contributed by atoms with Gasteiger partial charge in [-0.2, -0.15) is 4.98 Å². The molecular weight excluding hydrogens is 240 g/mol. The van der Waals surface area contributed by atoms with E-state index in [1.54, 1.807) is 0 Å². The van der Waals surface area contributed by atoms with Gasteiger partial charge in [-0.1, -0.05) is 20.8 Å². The molecule has 1 aromatic heterocycles. The average Bonchev–Trinajstić information content (AvgIpc) is 2.70. The Bertz CT molecular complexity index is 433. The van der Waals surface area contributed by atoms with Gasteiger partial charge in [-0.25, -0.2) is 4.98 Å². The van der Waals surface area contributed by atoms with Crippen LogP contribution in [0.3, 0.4) is 0 Å². The lowest BCUT2D eigenvalue weighted by Crippen LogP contribution is -2.19. The second kappa shape index (κ2) is 5.63. The number of nitrogens with zero attached hydrogens (tertiary/aromatic N) is 2. The van der Waals surface area contributed by atoms with Crippen LogP contribution in [0.1, 0.15) is 46.5 Å². The zero-order chi connectivity index (χ0) is 13.9. The summed E-state index contributed by atoms with van der Waals surface area (Å²) in [6.45, 7) is 7.27. The van der Waals surface area contributed by atoms with Crippen LogP contribution in [-0.4, -0.2) is 22.6 Å². The zero-order valence-electron chi connectivity index (χ0n) is 12.1. The van der Waals surface area contributed by atoms with Gasteiger partial charge in [0.1, 0.15) is 12.0 Å². The maximum absolute atomic E-state index is 6.06. The summed E-state index contributed by atoms with van der Waals surface area (Å²) in [5.74, 6) is 1.18. The Hall–Kier alpha value is -1.52. The summed E-state index contributed by atoms with van der Waals surface area (Å²) in [6, 6.07) is 0.436. The first-order valence-corrected chi connectivity index (χ1v) is 7.01. The number of ether oxygens (including phenoxy) is 1. The van der Waals surface area contributed by atoms with Crippen LogP contribution in [0.5, 0.6) is 5.88 Å². The smallest absolute Gasteiger partial charge is 0.242 e. The minimum Gasteiger partial charge on any atom is -0.476 e. The van der Waals surface area contributed by atoms with Crippen LogP contribution in [0.2, 0.25) is 0 Å². The number of anilines is 2. The average molecular weight is 264 g/mol. The maximum Gasteiger partial charge on any atom is 0.242 e. The minimum absolute atomic E-state index is 0.404. The molecule has 106 valence electrons. The fourth-order valence-electron chi connectivity index (χ4n) is 2.56. The molecule has 5 heteroatoms. The van der Waals surface area contributed by atoms with E-state index in [0.717, 1.165) is 19.3 Å². The Balaban J connectivity index is 2.04. The topological polar surface area (TPSA) is 73.1 Å². The van der Waals surface area contributed by atoms with Crippen molar-refractivity contribution in [2.24, 2.45) is 5.41 Å². The summed E-state index contributed by atoms with van der Waals surface area (Å²) in [5.41, 5.74) is 6.98. The number of hydrogen-bond acceptors (Lipinski definition) is 5. The van der Waals surface area contributed by atoms with Crippen molar-refractivity contribution in [2.75, 3.05) is 17.7 Å². The molecule has 19 heavy (non-hydrogen) atoms. The van der Waals surface area contributed by atoms with Crippen molar-refractivity contribution in [1.82, 2.24) is 9.97 Å². The third-order valence-electron chi connectivity index (χ3n) is 3.60. The SMILES string of the molecule is CCCOc1ncnc(NC2CCC(C)(C)C2)c1N. The molecule has 0 aromatic carbocycles. The van der Waals surface area contributed by atoms with E-state index in [4.69, 9.17) is 10.5 Å². The molecule has 0 radical (unpaired) electrons. The molecule has 1 aliphatic rings. The molecule has 2 rings (SSSR count). The van der Waals surface area contributed by atoms with E-state index in [-0.39, 0.29) is 0 Å². The molecule has 1 unspecified atom stereocenters. The first kappa shape index (κ1) is 13.9. The van der Waals surface area contributed by atoms with Crippen molar-refractivity contribution in [1.29, 1.82) is 0 Å². The predicted octanol–water partition coefficient (Wildman–Crippen LogP) is 2.84. The quantitative estimate of drug-likeness (QED) is 0.855. The van der Waals surface area contributed by atoms with Crippen LogP contribution in [-0.2, 0) is 0 Å².